The number of guanidine groups is 1. The normalized spacial score (nSPS) is 21.2. The third kappa shape index (κ3) is 5.22. The van der Waals surface area contributed by atoms with E-state index < -0.39 is 12.7 Å². The second kappa shape index (κ2) is 8.57. The van der Waals surface area contributed by atoms with Crippen LogP contribution in [0.3, 0.4) is 0 Å². The maximum Gasteiger partial charge on any atom is 0.401 e. The fourth-order valence-corrected chi connectivity index (χ4v) is 3.45. The van der Waals surface area contributed by atoms with Crippen molar-refractivity contribution in [1.29, 1.82) is 0 Å². The molecule has 2 aliphatic heterocycles. The van der Waals surface area contributed by atoms with Crippen LogP contribution in [0.1, 0.15) is 18.9 Å². The number of anilines is 1. The predicted molar refractivity (Wildman–Crippen MR) is 105 cm³/mol. The van der Waals surface area contributed by atoms with Crippen molar-refractivity contribution in [1.82, 2.24) is 10.2 Å². The summed E-state index contributed by atoms with van der Waals surface area (Å²) >= 11 is 0. The molecule has 0 aromatic heterocycles. The van der Waals surface area contributed by atoms with Gasteiger partial charge in [0.1, 0.15) is 0 Å². The Bertz CT molecular complexity index is 606. The van der Waals surface area contributed by atoms with E-state index in [9.17, 15) is 13.2 Å². The summed E-state index contributed by atoms with van der Waals surface area (Å²) in [7, 11) is 0. The molecular formula is C17H24F3IN4. The quantitative estimate of drug-likeness (QED) is 0.420. The van der Waals surface area contributed by atoms with E-state index in [2.05, 4.69) is 27.3 Å². The molecule has 3 rings (SSSR count). The third-order valence-corrected chi connectivity index (χ3v) is 4.46. The Labute approximate surface area is 163 Å². The highest BCUT2D eigenvalue weighted by Gasteiger charge is 2.35. The molecule has 2 aliphatic rings. The summed E-state index contributed by atoms with van der Waals surface area (Å²) in [4.78, 5) is 8.16. The van der Waals surface area contributed by atoms with Crippen LogP contribution in [0.25, 0.3) is 0 Å². The maximum atomic E-state index is 12.5. The smallest absolute Gasteiger partial charge is 0.352 e. The van der Waals surface area contributed by atoms with Crippen LogP contribution in [0, 0.1) is 0 Å². The van der Waals surface area contributed by atoms with Gasteiger partial charge in [0, 0.05) is 37.9 Å². The molecule has 1 fully saturated rings. The van der Waals surface area contributed by atoms with Gasteiger partial charge in [0.2, 0.25) is 0 Å². The molecule has 1 saturated heterocycles. The highest BCUT2D eigenvalue weighted by atomic mass is 127. The lowest BCUT2D eigenvalue weighted by atomic mass is 10.2. The Morgan fingerprint density at radius 3 is 2.76 bits per heavy atom. The van der Waals surface area contributed by atoms with Crippen LogP contribution in [0.5, 0.6) is 0 Å². The fourth-order valence-electron chi connectivity index (χ4n) is 3.45. The average Bonchev–Trinajstić information content (AvgIpc) is 3.12. The number of halogens is 4. The standard InChI is InChI=1S/C17H23F3N4.HI/c1-2-21-16(24-10-7-13-5-3-4-6-15(13)24)22-14-8-9-23(11-14)12-17(18,19)20;/h3-6,14H,2,7-12H2,1H3,(H,21,22);1H. The number of alkyl halides is 3. The van der Waals surface area contributed by atoms with Gasteiger partial charge in [-0.2, -0.15) is 13.2 Å². The number of hydrogen-bond donors (Lipinski definition) is 1. The third-order valence-electron chi connectivity index (χ3n) is 4.46. The lowest BCUT2D eigenvalue weighted by molar-refractivity contribution is -0.143. The maximum absolute atomic E-state index is 12.5. The molecule has 4 nitrogen and oxygen atoms in total. The van der Waals surface area contributed by atoms with Crippen LogP contribution >= 0.6 is 24.0 Å². The van der Waals surface area contributed by atoms with Crippen molar-refractivity contribution in [2.24, 2.45) is 4.99 Å². The van der Waals surface area contributed by atoms with Gasteiger partial charge in [-0.3, -0.25) is 9.89 Å². The van der Waals surface area contributed by atoms with E-state index in [-0.39, 0.29) is 30.0 Å². The van der Waals surface area contributed by atoms with Crippen molar-refractivity contribution in [2.75, 3.05) is 37.6 Å². The number of para-hydroxylation sites is 1. The van der Waals surface area contributed by atoms with Gasteiger partial charge in [0.05, 0.1) is 6.54 Å². The van der Waals surface area contributed by atoms with E-state index >= 15 is 0 Å². The number of aliphatic imine (C=N–C) groups is 1. The van der Waals surface area contributed by atoms with Crippen LogP contribution in [0.4, 0.5) is 18.9 Å². The van der Waals surface area contributed by atoms with Gasteiger partial charge < -0.3 is 10.2 Å². The summed E-state index contributed by atoms with van der Waals surface area (Å²) < 4.78 is 37.6. The van der Waals surface area contributed by atoms with E-state index in [1.807, 2.05) is 19.1 Å². The highest BCUT2D eigenvalue weighted by Crippen LogP contribution is 2.28. The van der Waals surface area contributed by atoms with Gasteiger partial charge in [-0.15, -0.1) is 24.0 Å². The summed E-state index contributed by atoms with van der Waals surface area (Å²) in [6, 6.07) is 8.21. The molecule has 0 spiro atoms. The van der Waals surface area contributed by atoms with Gasteiger partial charge in [0.15, 0.2) is 5.96 Å². The fraction of sp³-hybridized carbons (Fsp3) is 0.588. The number of fused-ring (bicyclic) bond motifs is 1. The van der Waals surface area contributed by atoms with Crippen LogP contribution in [0.2, 0.25) is 0 Å². The largest absolute Gasteiger partial charge is 0.401 e. The zero-order valence-electron chi connectivity index (χ0n) is 14.2. The molecule has 1 N–H and O–H groups in total. The first-order valence-electron chi connectivity index (χ1n) is 8.42. The molecule has 0 bridgehead atoms. The molecule has 25 heavy (non-hydrogen) atoms. The Balaban J connectivity index is 0.00000225. The monoisotopic (exact) mass is 468 g/mol. The minimum absolute atomic E-state index is 0. The molecule has 0 saturated carbocycles. The second-order valence-corrected chi connectivity index (χ2v) is 6.31. The zero-order chi connectivity index (χ0) is 17.2. The summed E-state index contributed by atoms with van der Waals surface area (Å²) in [6.07, 6.45) is -2.47. The zero-order valence-corrected chi connectivity index (χ0v) is 16.6. The molecule has 0 amide bonds. The molecule has 1 atom stereocenters. The van der Waals surface area contributed by atoms with Crippen LogP contribution in [0.15, 0.2) is 29.3 Å². The van der Waals surface area contributed by atoms with Crippen molar-refractivity contribution in [3.8, 4) is 0 Å². The number of hydrogen-bond acceptors (Lipinski definition) is 2. The number of nitrogens with zero attached hydrogens (tertiary/aromatic N) is 3. The number of nitrogens with one attached hydrogen (secondary N) is 1. The molecule has 1 aromatic carbocycles. The van der Waals surface area contributed by atoms with Crippen LogP contribution in [-0.2, 0) is 6.42 Å². The van der Waals surface area contributed by atoms with Gasteiger partial charge >= 0.3 is 6.18 Å². The minimum Gasteiger partial charge on any atom is -0.352 e. The van der Waals surface area contributed by atoms with E-state index in [1.165, 1.54) is 10.5 Å². The Morgan fingerprint density at radius 2 is 2.04 bits per heavy atom. The van der Waals surface area contributed by atoms with Gasteiger partial charge in [0.25, 0.3) is 0 Å². The van der Waals surface area contributed by atoms with Crippen LogP contribution < -0.4 is 10.2 Å². The van der Waals surface area contributed by atoms with Gasteiger partial charge in [-0.1, -0.05) is 18.2 Å². The Kier molecular flexibility index (Phi) is 6.95. The van der Waals surface area contributed by atoms with Crippen molar-refractivity contribution < 1.29 is 13.2 Å². The summed E-state index contributed by atoms with van der Waals surface area (Å²) in [6.45, 7) is 3.49. The summed E-state index contributed by atoms with van der Waals surface area (Å²) in [5.74, 6) is 0.779. The van der Waals surface area contributed by atoms with Crippen LogP contribution in [-0.4, -0.2) is 55.8 Å². The first-order valence-corrected chi connectivity index (χ1v) is 8.42. The Hall–Kier alpha value is -1.03. The van der Waals surface area contributed by atoms with E-state index in [0.29, 0.717) is 26.1 Å². The first kappa shape index (κ1) is 20.3. The predicted octanol–water partition coefficient (Wildman–Crippen LogP) is 3.27. The SMILES string of the molecule is CCN=C(NC1CCN(CC(F)(F)F)C1)N1CCc2ccccc21.I. The molecular weight excluding hydrogens is 444 g/mol. The Morgan fingerprint density at radius 1 is 1.28 bits per heavy atom. The molecule has 1 unspecified atom stereocenters. The lowest BCUT2D eigenvalue weighted by Crippen LogP contribution is -2.47. The van der Waals surface area contributed by atoms with Crippen molar-refractivity contribution >= 4 is 35.6 Å². The van der Waals surface area contributed by atoms with E-state index in [0.717, 1.165) is 24.6 Å². The van der Waals surface area contributed by atoms with Gasteiger partial charge in [-0.05, 0) is 31.4 Å². The number of benzene rings is 1. The molecule has 8 heteroatoms. The van der Waals surface area contributed by atoms with Crippen molar-refractivity contribution in [2.45, 2.75) is 32.0 Å². The molecule has 1 aromatic rings. The van der Waals surface area contributed by atoms with Gasteiger partial charge in [-0.25, -0.2) is 0 Å². The van der Waals surface area contributed by atoms with E-state index in [1.54, 1.807) is 0 Å². The summed E-state index contributed by atoms with van der Waals surface area (Å²) in [5.41, 5.74) is 2.43. The second-order valence-electron chi connectivity index (χ2n) is 6.31. The molecule has 0 aliphatic carbocycles. The van der Waals surface area contributed by atoms with E-state index in [4.69, 9.17) is 0 Å². The number of likely N-dealkylation sites (tertiary alicyclic amines) is 1. The van der Waals surface area contributed by atoms with Crippen molar-refractivity contribution in [3.63, 3.8) is 0 Å². The molecule has 140 valence electrons. The summed E-state index contributed by atoms with van der Waals surface area (Å²) in [5, 5.41) is 3.38. The molecule has 2 heterocycles. The minimum atomic E-state index is -4.14. The number of rotatable bonds is 3. The van der Waals surface area contributed by atoms with Crippen molar-refractivity contribution in [3.05, 3.63) is 29.8 Å². The molecule has 0 radical (unpaired) electrons. The highest BCUT2D eigenvalue weighted by molar-refractivity contribution is 14.0. The lowest BCUT2D eigenvalue weighted by Gasteiger charge is -2.26. The first-order chi connectivity index (χ1) is 11.5. The topological polar surface area (TPSA) is 30.9 Å². The average molecular weight is 468 g/mol.